The number of morpholine rings is 1. The molecule has 1 aromatic heterocycles. The van der Waals surface area contributed by atoms with E-state index in [2.05, 4.69) is 16.2 Å². The average Bonchev–Trinajstić information content (AvgIpc) is 3.21. The highest BCUT2D eigenvalue weighted by molar-refractivity contribution is 5.81. The summed E-state index contributed by atoms with van der Waals surface area (Å²) in [4.78, 5) is 17.0. The molecule has 0 aliphatic carbocycles. The fraction of sp³-hybridized carbons (Fsp3) is 0.765. The van der Waals surface area contributed by atoms with Crippen molar-refractivity contribution >= 4 is 5.91 Å². The predicted octanol–water partition coefficient (Wildman–Crippen LogP) is 0.401. The Morgan fingerprint density at radius 3 is 2.83 bits per heavy atom. The van der Waals surface area contributed by atoms with E-state index in [9.17, 15) is 4.79 Å². The number of fused-ring (bicyclic) bond motifs is 1. The van der Waals surface area contributed by atoms with E-state index < -0.39 is 0 Å². The molecule has 0 spiro atoms. The molecule has 3 atom stereocenters. The number of aromatic nitrogens is 2. The van der Waals surface area contributed by atoms with Gasteiger partial charge in [-0.05, 0) is 19.3 Å². The normalized spacial score (nSPS) is 31.2. The summed E-state index contributed by atoms with van der Waals surface area (Å²) in [5.74, 6) is 0.155. The highest BCUT2D eigenvalue weighted by atomic mass is 16.5. The lowest BCUT2D eigenvalue weighted by atomic mass is 9.98. The van der Waals surface area contributed by atoms with E-state index in [0.717, 1.165) is 32.4 Å². The molecule has 0 N–H and O–H groups in total. The summed E-state index contributed by atoms with van der Waals surface area (Å²) in [6.45, 7) is 4.62. The van der Waals surface area contributed by atoms with E-state index in [-0.39, 0.29) is 18.1 Å². The van der Waals surface area contributed by atoms with E-state index in [4.69, 9.17) is 9.47 Å². The fourth-order valence-corrected chi connectivity index (χ4v) is 4.17. The molecule has 7 nitrogen and oxygen atoms in total. The Bertz CT molecular complexity index is 584. The molecule has 7 heteroatoms. The van der Waals surface area contributed by atoms with Crippen LogP contribution in [0.4, 0.5) is 0 Å². The number of carbonyl (C=O) groups is 1. The maximum absolute atomic E-state index is 12.6. The lowest BCUT2D eigenvalue weighted by molar-refractivity contribution is -0.158. The van der Waals surface area contributed by atoms with Gasteiger partial charge in [-0.2, -0.15) is 5.10 Å². The van der Waals surface area contributed by atoms with Gasteiger partial charge in [0.15, 0.2) is 0 Å². The van der Waals surface area contributed by atoms with E-state index in [0.29, 0.717) is 32.3 Å². The maximum Gasteiger partial charge on any atom is 0.251 e. The van der Waals surface area contributed by atoms with Gasteiger partial charge >= 0.3 is 0 Å². The third-order valence-electron chi connectivity index (χ3n) is 5.40. The Morgan fingerprint density at radius 1 is 1.25 bits per heavy atom. The first-order valence-electron chi connectivity index (χ1n) is 8.94. The minimum absolute atomic E-state index is 0.155. The number of likely N-dealkylation sites (tertiary alicyclic amines) is 1. The lowest BCUT2D eigenvalue weighted by Crippen LogP contribution is -2.51. The van der Waals surface area contributed by atoms with Crippen molar-refractivity contribution < 1.29 is 14.3 Å². The van der Waals surface area contributed by atoms with Crippen molar-refractivity contribution in [2.45, 2.75) is 44.1 Å². The van der Waals surface area contributed by atoms with E-state index >= 15 is 0 Å². The number of hydrogen-bond acceptors (Lipinski definition) is 5. The fourth-order valence-electron chi connectivity index (χ4n) is 4.17. The van der Waals surface area contributed by atoms with Gasteiger partial charge < -0.3 is 14.4 Å². The van der Waals surface area contributed by atoms with Crippen molar-refractivity contribution in [1.82, 2.24) is 19.6 Å². The van der Waals surface area contributed by atoms with Gasteiger partial charge in [-0.25, -0.2) is 0 Å². The van der Waals surface area contributed by atoms with Crippen LogP contribution >= 0.6 is 0 Å². The van der Waals surface area contributed by atoms with Gasteiger partial charge in [0.2, 0.25) is 0 Å². The molecule has 1 amide bonds. The smallest absolute Gasteiger partial charge is 0.251 e. The monoisotopic (exact) mass is 334 g/mol. The molecular weight excluding hydrogens is 308 g/mol. The summed E-state index contributed by atoms with van der Waals surface area (Å²) >= 11 is 0. The Labute approximate surface area is 142 Å². The number of aryl methyl sites for hydroxylation is 1. The number of rotatable bonds is 3. The molecule has 3 aliphatic rings. The number of carbonyl (C=O) groups excluding carboxylic acids is 1. The number of amides is 1. The van der Waals surface area contributed by atoms with Gasteiger partial charge in [0.25, 0.3) is 5.91 Å². The van der Waals surface area contributed by atoms with Gasteiger partial charge in [0, 0.05) is 51.0 Å². The Balaban J connectivity index is 1.34. The van der Waals surface area contributed by atoms with Gasteiger partial charge in [0.05, 0.1) is 25.5 Å². The van der Waals surface area contributed by atoms with Crippen LogP contribution in [0, 0.1) is 0 Å². The van der Waals surface area contributed by atoms with Crippen LogP contribution in [0.15, 0.2) is 12.4 Å². The maximum atomic E-state index is 12.6. The molecule has 3 saturated heterocycles. The van der Waals surface area contributed by atoms with E-state index in [1.54, 1.807) is 0 Å². The molecule has 0 saturated carbocycles. The molecule has 0 radical (unpaired) electrons. The SMILES string of the molecule is Cn1cc(CN2CC[C@H]3O[C@@H](C(=O)N4CCOCC4)CC[C@H]32)cn1. The van der Waals surface area contributed by atoms with E-state index in [1.807, 2.05) is 22.8 Å². The van der Waals surface area contributed by atoms with Crippen molar-refractivity contribution in [3.8, 4) is 0 Å². The first kappa shape index (κ1) is 16.1. The molecule has 1 aromatic rings. The van der Waals surface area contributed by atoms with Gasteiger partial charge in [-0.1, -0.05) is 0 Å². The van der Waals surface area contributed by atoms with E-state index in [1.165, 1.54) is 5.56 Å². The summed E-state index contributed by atoms with van der Waals surface area (Å²) in [7, 11) is 1.95. The first-order chi connectivity index (χ1) is 11.7. The van der Waals surface area contributed by atoms with Crippen LogP contribution in [0.25, 0.3) is 0 Å². The van der Waals surface area contributed by atoms with Crippen molar-refractivity contribution in [2.24, 2.45) is 7.05 Å². The highest BCUT2D eigenvalue weighted by Gasteiger charge is 2.42. The Kier molecular flexibility index (Phi) is 4.56. The van der Waals surface area contributed by atoms with Crippen LogP contribution in [0.1, 0.15) is 24.8 Å². The third-order valence-corrected chi connectivity index (χ3v) is 5.40. The lowest BCUT2D eigenvalue weighted by Gasteiger charge is -2.38. The quantitative estimate of drug-likeness (QED) is 0.801. The first-order valence-corrected chi connectivity index (χ1v) is 8.94. The second-order valence-corrected chi connectivity index (χ2v) is 7.03. The summed E-state index contributed by atoms with van der Waals surface area (Å²) in [5.41, 5.74) is 1.24. The molecular formula is C17H26N4O3. The minimum atomic E-state index is -0.261. The molecule has 24 heavy (non-hydrogen) atoms. The van der Waals surface area contributed by atoms with Crippen molar-refractivity contribution in [1.29, 1.82) is 0 Å². The second-order valence-electron chi connectivity index (χ2n) is 7.03. The van der Waals surface area contributed by atoms with Crippen LogP contribution in [0.5, 0.6) is 0 Å². The summed E-state index contributed by atoms with van der Waals surface area (Å²) < 4.78 is 13.4. The van der Waals surface area contributed by atoms with Gasteiger partial charge in [-0.3, -0.25) is 14.4 Å². The van der Waals surface area contributed by atoms with Crippen LogP contribution in [-0.4, -0.2) is 76.6 Å². The zero-order valence-corrected chi connectivity index (χ0v) is 14.3. The minimum Gasteiger partial charge on any atom is -0.378 e. The summed E-state index contributed by atoms with van der Waals surface area (Å²) in [5, 5.41) is 4.25. The second kappa shape index (κ2) is 6.82. The predicted molar refractivity (Wildman–Crippen MR) is 87.3 cm³/mol. The number of nitrogens with zero attached hydrogens (tertiary/aromatic N) is 4. The van der Waals surface area contributed by atoms with Crippen molar-refractivity contribution in [2.75, 3.05) is 32.8 Å². The van der Waals surface area contributed by atoms with Gasteiger partial charge in [-0.15, -0.1) is 0 Å². The molecule has 0 unspecified atom stereocenters. The molecule has 4 heterocycles. The third kappa shape index (κ3) is 3.20. The highest BCUT2D eigenvalue weighted by Crippen LogP contribution is 2.33. The largest absolute Gasteiger partial charge is 0.378 e. The summed E-state index contributed by atoms with van der Waals surface area (Å²) in [6.07, 6.45) is 6.79. The van der Waals surface area contributed by atoms with Crippen LogP contribution in [0.2, 0.25) is 0 Å². The molecule has 132 valence electrons. The van der Waals surface area contributed by atoms with Crippen LogP contribution in [-0.2, 0) is 27.9 Å². The van der Waals surface area contributed by atoms with Crippen molar-refractivity contribution in [3.63, 3.8) is 0 Å². The molecule has 0 aromatic carbocycles. The summed E-state index contributed by atoms with van der Waals surface area (Å²) in [6, 6.07) is 0.430. The molecule has 4 rings (SSSR count). The Morgan fingerprint density at radius 2 is 2.08 bits per heavy atom. The van der Waals surface area contributed by atoms with Gasteiger partial charge in [0.1, 0.15) is 6.10 Å². The molecule has 0 bridgehead atoms. The number of hydrogen-bond donors (Lipinski definition) is 0. The van der Waals surface area contributed by atoms with Crippen LogP contribution < -0.4 is 0 Å². The van der Waals surface area contributed by atoms with Crippen molar-refractivity contribution in [3.05, 3.63) is 18.0 Å². The average molecular weight is 334 g/mol. The zero-order chi connectivity index (χ0) is 16.5. The molecule has 3 aliphatic heterocycles. The number of ether oxygens (including phenoxy) is 2. The van der Waals surface area contributed by atoms with Crippen LogP contribution in [0.3, 0.4) is 0 Å². The topological polar surface area (TPSA) is 59.8 Å². The standard InChI is InChI=1S/C17H26N4O3/c1-19-11-13(10-18-19)12-21-5-4-15-14(21)2-3-16(24-15)17(22)20-6-8-23-9-7-20/h10-11,14-16H,2-9,12H2,1H3/t14-,15-,16-/m1/s1. The Hall–Kier alpha value is -1.44. The molecule has 3 fully saturated rings. The zero-order valence-electron chi connectivity index (χ0n) is 14.3.